The normalized spacial score (nSPS) is 14.2. The molecular formula is C16H14F3NO2. The van der Waals surface area contributed by atoms with Crippen LogP contribution in [0.2, 0.25) is 0 Å². The van der Waals surface area contributed by atoms with Gasteiger partial charge >= 0.3 is 12.1 Å². The molecule has 0 bridgehead atoms. The fraction of sp³-hybridized carbons (Fsp3) is 0.188. The Bertz CT molecular complexity index is 653. The molecule has 0 amide bonds. The Labute approximate surface area is 125 Å². The fourth-order valence-corrected chi connectivity index (χ4v) is 2.05. The van der Waals surface area contributed by atoms with Crippen molar-refractivity contribution in [2.75, 3.05) is 5.32 Å². The van der Waals surface area contributed by atoms with Gasteiger partial charge in [-0.2, -0.15) is 13.2 Å². The van der Waals surface area contributed by atoms with Crippen LogP contribution in [-0.4, -0.2) is 11.1 Å². The Balaban J connectivity index is 2.37. The number of rotatable bonds is 4. The molecule has 0 heterocycles. The van der Waals surface area contributed by atoms with Crippen LogP contribution in [-0.2, 0) is 16.5 Å². The monoisotopic (exact) mass is 309 g/mol. The van der Waals surface area contributed by atoms with Gasteiger partial charge in [0.05, 0.1) is 5.56 Å². The summed E-state index contributed by atoms with van der Waals surface area (Å²) in [5.74, 6) is -1.18. The molecule has 3 nitrogen and oxygen atoms in total. The van der Waals surface area contributed by atoms with Crippen LogP contribution in [0.1, 0.15) is 18.1 Å². The summed E-state index contributed by atoms with van der Waals surface area (Å²) in [6.45, 7) is 1.41. The van der Waals surface area contributed by atoms with Gasteiger partial charge in [-0.25, -0.2) is 4.79 Å². The zero-order chi connectivity index (χ0) is 16.4. The van der Waals surface area contributed by atoms with Crippen molar-refractivity contribution < 1.29 is 23.1 Å². The minimum atomic E-state index is -4.45. The highest BCUT2D eigenvalue weighted by Gasteiger charge is 2.36. The molecule has 116 valence electrons. The van der Waals surface area contributed by atoms with E-state index in [2.05, 4.69) is 5.32 Å². The number of aliphatic carboxylic acids is 1. The van der Waals surface area contributed by atoms with E-state index in [-0.39, 0.29) is 5.56 Å². The molecule has 0 radical (unpaired) electrons. The van der Waals surface area contributed by atoms with E-state index in [1.807, 2.05) is 0 Å². The van der Waals surface area contributed by atoms with Crippen LogP contribution in [0.5, 0.6) is 0 Å². The molecule has 1 atom stereocenters. The average Bonchev–Trinajstić information content (AvgIpc) is 2.47. The zero-order valence-electron chi connectivity index (χ0n) is 11.7. The van der Waals surface area contributed by atoms with Crippen LogP contribution < -0.4 is 5.32 Å². The lowest BCUT2D eigenvalue weighted by Gasteiger charge is -2.28. The van der Waals surface area contributed by atoms with E-state index in [1.54, 1.807) is 30.3 Å². The third-order valence-corrected chi connectivity index (χ3v) is 3.39. The van der Waals surface area contributed by atoms with Gasteiger partial charge in [-0.1, -0.05) is 30.3 Å². The van der Waals surface area contributed by atoms with Crippen LogP contribution >= 0.6 is 0 Å². The van der Waals surface area contributed by atoms with Crippen molar-refractivity contribution in [3.8, 4) is 0 Å². The molecule has 0 aromatic heterocycles. The molecule has 1 unspecified atom stereocenters. The first-order valence-electron chi connectivity index (χ1n) is 6.48. The third-order valence-electron chi connectivity index (χ3n) is 3.39. The number of alkyl halides is 3. The molecule has 0 aliphatic rings. The molecule has 0 saturated heterocycles. The summed E-state index contributed by atoms with van der Waals surface area (Å²) in [4.78, 5) is 11.6. The standard InChI is InChI=1S/C16H14F3NO2/c1-15(14(21)22,20-13-5-3-2-4-6-13)11-7-9-12(10-8-11)16(17,18)19/h2-10,20H,1H3,(H,21,22). The lowest BCUT2D eigenvalue weighted by molar-refractivity contribution is -0.142. The van der Waals surface area contributed by atoms with E-state index in [9.17, 15) is 23.1 Å². The van der Waals surface area contributed by atoms with Crippen molar-refractivity contribution in [1.82, 2.24) is 0 Å². The number of hydrogen-bond donors (Lipinski definition) is 2. The smallest absolute Gasteiger partial charge is 0.416 e. The number of hydrogen-bond acceptors (Lipinski definition) is 2. The van der Waals surface area contributed by atoms with Gasteiger partial charge in [0.2, 0.25) is 0 Å². The second-order valence-electron chi connectivity index (χ2n) is 5.00. The fourth-order valence-electron chi connectivity index (χ4n) is 2.05. The number of nitrogens with one attached hydrogen (secondary N) is 1. The van der Waals surface area contributed by atoms with Crippen molar-refractivity contribution in [2.24, 2.45) is 0 Å². The van der Waals surface area contributed by atoms with Gasteiger partial charge in [0.25, 0.3) is 0 Å². The maximum absolute atomic E-state index is 12.6. The number of para-hydroxylation sites is 1. The lowest BCUT2D eigenvalue weighted by atomic mass is 9.91. The summed E-state index contributed by atoms with van der Waals surface area (Å²) in [6.07, 6.45) is -4.45. The van der Waals surface area contributed by atoms with E-state index in [4.69, 9.17) is 0 Å². The quantitative estimate of drug-likeness (QED) is 0.893. The molecule has 2 aromatic rings. The number of carboxylic acid groups (broad SMARTS) is 1. The molecule has 22 heavy (non-hydrogen) atoms. The Morgan fingerprint density at radius 1 is 0.955 bits per heavy atom. The minimum absolute atomic E-state index is 0.233. The Kier molecular flexibility index (Phi) is 4.12. The first-order chi connectivity index (χ1) is 10.2. The topological polar surface area (TPSA) is 49.3 Å². The predicted octanol–water partition coefficient (Wildman–Crippen LogP) is 4.12. The van der Waals surface area contributed by atoms with Crippen LogP contribution in [0.3, 0.4) is 0 Å². The van der Waals surface area contributed by atoms with Gasteiger partial charge in [-0.15, -0.1) is 0 Å². The van der Waals surface area contributed by atoms with Crippen molar-refractivity contribution >= 4 is 11.7 Å². The van der Waals surface area contributed by atoms with Crippen molar-refractivity contribution in [2.45, 2.75) is 18.6 Å². The molecule has 2 N–H and O–H groups in total. The van der Waals surface area contributed by atoms with Gasteiger partial charge < -0.3 is 10.4 Å². The van der Waals surface area contributed by atoms with Gasteiger partial charge in [0, 0.05) is 5.69 Å². The number of anilines is 1. The van der Waals surface area contributed by atoms with E-state index in [1.165, 1.54) is 19.1 Å². The van der Waals surface area contributed by atoms with Gasteiger partial charge in [-0.3, -0.25) is 0 Å². The van der Waals surface area contributed by atoms with Crippen LogP contribution in [0.25, 0.3) is 0 Å². The van der Waals surface area contributed by atoms with Gasteiger partial charge in [0.15, 0.2) is 5.54 Å². The molecule has 0 fully saturated rings. The van der Waals surface area contributed by atoms with Crippen molar-refractivity contribution in [3.05, 3.63) is 65.7 Å². The van der Waals surface area contributed by atoms with Crippen LogP contribution in [0.15, 0.2) is 54.6 Å². The number of carbonyl (C=O) groups is 1. The molecule has 0 aliphatic carbocycles. The first-order valence-corrected chi connectivity index (χ1v) is 6.48. The summed E-state index contributed by atoms with van der Waals surface area (Å²) in [7, 11) is 0. The molecule has 2 aromatic carbocycles. The number of carboxylic acids is 1. The second-order valence-corrected chi connectivity index (χ2v) is 5.00. The molecular weight excluding hydrogens is 295 g/mol. The maximum Gasteiger partial charge on any atom is 0.416 e. The minimum Gasteiger partial charge on any atom is -0.479 e. The molecule has 0 saturated carbocycles. The summed E-state index contributed by atoms with van der Waals surface area (Å²) in [6, 6.07) is 12.7. The van der Waals surface area contributed by atoms with Crippen LogP contribution in [0.4, 0.5) is 18.9 Å². The number of halogens is 3. The second kappa shape index (κ2) is 5.71. The Morgan fingerprint density at radius 2 is 1.45 bits per heavy atom. The average molecular weight is 309 g/mol. The van der Waals surface area contributed by atoms with Gasteiger partial charge in [0.1, 0.15) is 0 Å². The molecule has 2 rings (SSSR count). The molecule has 0 aliphatic heterocycles. The summed E-state index contributed by atoms with van der Waals surface area (Å²) < 4.78 is 37.8. The predicted molar refractivity (Wildman–Crippen MR) is 76.5 cm³/mol. The third kappa shape index (κ3) is 3.21. The van der Waals surface area contributed by atoms with E-state index in [0.717, 1.165) is 12.1 Å². The summed E-state index contributed by atoms with van der Waals surface area (Å²) in [5.41, 5.74) is -1.56. The van der Waals surface area contributed by atoms with Gasteiger partial charge in [-0.05, 0) is 36.8 Å². The van der Waals surface area contributed by atoms with Crippen LogP contribution in [0, 0.1) is 0 Å². The van der Waals surface area contributed by atoms with E-state index >= 15 is 0 Å². The maximum atomic E-state index is 12.6. The Morgan fingerprint density at radius 3 is 1.91 bits per heavy atom. The van der Waals surface area contributed by atoms with Crippen molar-refractivity contribution in [3.63, 3.8) is 0 Å². The highest BCUT2D eigenvalue weighted by Crippen LogP contribution is 2.32. The largest absolute Gasteiger partial charge is 0.479 e. The lowest BCUT2D eigenvalue weighted by Crippen LogP contribution is -2.40. The molecule has 0 spiro atoms. The highest BCUT2D eigenvalue weighted by molar-refractivity contribution is 5.84. The summed E-state index contributed by atoms with van der Waals surface area (Å²) in [5, 5.41) is 12.3. The van der Waals surface area contributed by atoms with E-state index < -0.39 is 23.2 Å². The molecule has 6 heteroatoms. The zero-order valence-corrected chi connectivity index (χ0v) is 11.7. The highest BCUT2D eigenvalue weighted by atomic mass is 19.4. The number of benzene rings is 2. The van der Waals surface area contributed by atoms with Crippen molar-refractivity contribution in [1.29, 1.82) is 0 Å². The Hall–Kier alpha value is -2.50. The van der Waals surface area contributed by atoms with E-state index in [0.29, 0.717) is 5.69 Å². The SMILES string of the molecule is CC(Nc1ccccc1)(C(=O)O)c1ccc(C(F)(F)F)cc1. The first kappa shape index (κ1) is 15.9. The summed E-state index contributed by atoms with van der Waals surface area (Å²) >= 11 is 0.